The summed E-state index contributed by atoms with van der Waals surface area (Å²) < 4.78 is 1.79. The van der Waals surface area contributed by atoms with Gasteiger partial charge < -0.3 is 9.80 Å². The Labute approximate surface area is 199 Å². The second-order valence-corrected chi connectivity index (χ2v) is 9.25. The Morgan fingerprint density at radius 3 is 2.50 bits per heavy atom. The summed E-state index contributed by atoms with van der Waals surface area (Å²) in [5.74, 6) is 0.0641. The lowest BCUT2D eigenvalue weighted by Gasteiger charge is -2.24. The van der Waals surface area contributed by atoms with Crippen LogP contribution < -0.4 is 4.90 Å². The zero-order valence-corrected chi connectivity index (χ0v) is 20.2. The van der Waals surface area contributed by atoms with Gasteiger partial charge in [0.2, 0.25) is 5.91 Å². The van der Waals surface area contributed by atoms with Gasteiger partial charge in [-0.1, -0.05) is 41.4 Å². The van der Waals surface area contributed by atoms with Gasteiger partial charge in [0.15, 0.2) is 0 Å². The van der Waals surface area contributed by atoms with Gasteiger partial charge in [-0.3, -0.25) is 4.79 Å². The van der Waals surface area contributed by atoms with Gasteiger partial charge in [0.05, 0.1) is 22.8 Å². The second-order valence-electron chi connectivity index (χ2n) is 8.41. The SMILES string of the molecule is Cc1nn(-c2ccc(Cl)cc2Cl)c(C)c1CC(=O)N(C)Cc1ccccc1N1CCCC1. The highest BCUT2D eigenvalue weighted by Crippen LogP contribution is 2.28. The minimum atomic E-state index is 0.0641. The number of rotatable bonds is 6. The maximum absolute atomic E-state index is 13.1. The number of aryl methyl sites for hydroxylation is 1. The van der Waals surface area contributed by atoms with Crippen LogP contribution in [0.3, 0.4) is 0 Å². The predicted octanol–water partition coefficient (Wildman–Crippen LogP) is 5.60. The van der Waals surface area contributed by atoms with E-state index < -0.39 is 0 Å². The number of nitrogens with zero attached hydrogens (tertiary/aromatic N) is 4. The number of halogens is 2. The van der Waals surface area contributed by atoms with Crippen LogP contribution >= 0.6 is 23.2 Å². The fourth-order valence-electron chi connectivity index (χ4n) is 4.36. The Morgan fingerprint density at radius 1 is 1.06 bits per heavy atom. The first-order chi connectivity index (χ1) is 15.3. The van der Waals surface area contributed by atoms with E-state index >= 15 is 0 Å². The quantitative estimate of drug-likeness (QED) is 0.470. The fraction of sp³-hybridized carbons (Fsp3) is 0.360. The van der Waals surface area contributed by atoms with Crippen molar-refractivity contribution in [2.24, 2.45) is 0 Å². The number of hydrogen-bond acceptors (Lipinski definition) is 3. The highest BCUT2D eigenvalue weighted by molar-refractivity contribution is 6.35. The van der Waals surface area contributed by atoms with Crippen molar-refractivity contribution in [2.45, 2.75) is 39.7 Å². The van der Waals surface area contributed by atoms with Gasteiger partial charge in [0, 0.05) is 48.6 Å². The molecule has 1 saturated heterocycles. The van der Waals surface area contributed by atoms with Gasteiger partial charge in [0.25, 0.3) is 0 Å². The zero-order valence-electron chi connectivity index (χ0n) is 18.7. The van der Waals surface area contributed by atoms with E-state index in [2.05, 4.69) is 28.2 Å². The largest absolute Gasteiger partial charge is 0.371 e. The molecule has 0 spiro atoms. The third kappa shape index (κ3) is 4.64. The first-order valence-corrected chi connectivity index (χ1v) is 11.7. The fourth-order valence-corrected chi connectivity index (χ4v) is 4.85. The molecular weight excluding hydrogens is 443 g/mol. The van der Waals surface area contributed by atoms with Crippen LogP contribution in [0.5, 0.6) is 0 Å². The summed E-state index contributed by atoms with van der Waals surface area (Å²) in [6.07, 6.45) is 2.75. The number of para-hydroxylation sites is 1. The Bertz CT molecular complexity index is 1130. The number of carbonyl (C=O) groups excluding carboxylic acids is 1. The number of likely N-dealkylation sites (N-methyl/N-ethyl adjacent to an activating group) is 1. The van der Waals surface area contributed by atoms with E-state index in [4.69, 9.17) is 23.2 Å². The smallest absolute Gasteiger partial charge is 0.227 e. The molecule has 0 N–H and O–H groups in total. The van der Waals surface area contributed by atoms with Crippen LogP contribution in [0.15, 0.2) is 42.5 Å². The average Bonchev–Trinajstić information content (AvgIpc) is 3.39. The van der Waals surface area contributed by atoms with Crippen molar-refractivity contribution in [2.75, 3.05) is 25.0 Å². The van der Waals surface area contributed by atoms with Crippen molar-refractivity contribution in [3.63, 3.8) is 0 Å². The first-order valence-electron chi connectivity index (χ1n) is 10.9. The summed E-state index contributed by atoms with van der Waals surface area (Å²) in [7, 11) is 1.87. The Morgan fingerprint density at radius 2 is 1.78 bits per heavy atom. The van der Waals surface area contributed by atoms with E-state index in [1.807, 2.05) is 33.0 Å². The molecule has 1 amide bonds. The van der Waals surface area contributed by atoms with E-state index in [9.17, 15) is 4.79 Å². The molecule has 1 aromatic heterocycles. The normalized spacial score (nSPS) is 13.6. The second kappa shape index (κ2) is 9.55. The third-order valence-electron chi connectivity index (χ3n) is 6.18. The number of carbonyl (C=O) groups is 1. The molecule has 0 unspecified atom stereocenters. The lowest BCUT2D eigenvalue weighted by molar-refractivity contribution is -0.129. The maximum atomic E-state index is 13.1. The predicted molar refractivity (Wildman–Crippen MR) is 131 cm³/mol. The van der Waals surface area contributed by atoms with E-state index in [1.54, 1.807) is 21.7 Å². The lowest BCUT2D eigenvalue weighted by Crippen LogP contribution is -2.29. The molecule has 32 heavy (non-hydrogen) atoms. The molecular formula is C25H28Cl2N4O. The molecule has 0 saturated carbocycles. The highest BCUT2D eigenvalue weighted by atomic mass is 35.5. The molecule has 2 aromatic carbocycles. The molecule has 0 atom stereocenters. The van der Waals surface area contributed by atoms with Crippen molar-refractivity contribution in [3.05, 3.63) is 75.0 Å². The van der Waals surface area contributed by atoms with Crippen molar-refractivity contribution in [1.82, 2.24) is 14.7 Å². The van der Waals surface area contributed by atoms with Gasteiger partial charge in [-0.2, -0.15) is 5.10 Å². The highest BCUT2D eigenvalue weighted by Gasteiger charge is 2.21. The number of hydrogen-bond donors (Lipinski definition) is 0. The Hall–Kier alpha value is -2.50. The minimum absolute atomic E-state index is 0.0641. The van der Waals surface area contributed by atoms with Crippen molar-refractivity contribution >= 4 is 34.8 Å². The number of amides is 1. The molecule has 7 heteroatoms. The summed E-state index contributed by atoms with van der Waals surface area (Å²) in [6, 6.07) is 13.7. The molecule has 1 aliphatic heterocycles. The van der Waals surface area contributed by atoms with Crippen LogP contribution in [0.25, 0.3) is 5.69 Å². The van der Waals surface area contributed by atoms with E-state index in [1.165, 1.54) is 24.1 Å². The number of anilines is 1. The van der Waals surface area contributed by atoms with Crippen LogP contribution in [0, 0.1) is 13.8 Å². The molecule has 3 aromatic rings. The Kier molecular flexibility index (Phi) is 6.77. The summed E-state index contributed by atoms with van der Waals surface area (Å²) >= 11 is 12.4. The van der Waals surface area contributed by atoms with Gasteiger partial charge in [-0.15, -0.1) is 0 Å². The summed E-state index contributed by atoms with van der Waals surface area (Å²) in [5.41, 5.74) is 5.84. The number of benzene rings is 2. The van der Waals surface area contributed by atoms with Crippen molar-refractivity contribution in [3.8, 4) is 5.69 Å². The van der Waals surface area contributed by atoms with Crippen LogP contribution in [-0.4, -0.2) is 40.7 Å². The van der Waals surface area contributed by atoms with Crippen LogP contribution in [0.2, 0.25) is 10.0 Å². The maximum Gasteiger partial charge on any atom is 0.227 e. The van der Waals surface area contributed by atoms with Gasteiger partial charge in [0.1, 0.15) is 0 Å². The van der Waals surface area contributed by atoms with Crippen LogP contribution in [0.4, 0.5) is 5.69 Å². The molecule has 0 radical (unpaired) electrons. The zero-order chi connectivity index (χ0) is 22.8. The summed E-state index contributed by atoms with van der Waals surface area (Å²) in [5, 5.41) is 5.75. The van der Waals surface area contributed by atoms with E-state index in [0.29, 0.717) is 23.0 Å². The van der Waals surface area contributed by atoms with E-state index in [0.717, 1.165) is 35.7 Å². The standard InChI is InChI=1S/C25H28Cl2N4O/c1-17-21(18(2)31(28-17)24-11-10-20(26)14-22(24)27)15-25(32)29(3)16-19-8-4-5-9-23(19)30-12-6-7-13-30/h4-5,8-11,14H,6-7,12-13,15-16H2,1-3H3. The third-order valence-corrected chi connectivity index (χ3v) is 6.72. The van der Waals surface area contributed by atoms with Crippen LogP contribution in [-0.2, 0) is 17.8 Å². The first kappa shape index (κ1) is 22.7. The van der Waals surface area contributed by atoms with E-state index in [-0.39, 0.29) is 5.91 Å². The average molecular weight is 471 g/mol. The van der Waals surface area contributed by atoms with Gasteiger partial charge in [-0.05, 0) is 56.5 Å². The summed E-state index contributed by atoms with van der Waals surface area (Å²) in [4.78, 5) is 17.4. The summed E-state index contributed by atoms with van der Waals surface area (Å²) in [6.45, 7) is 6.65. The van der Waals surface area contributed by atoms with Gasteiger partial charge in [-0.25, -0.2) is 4.68 Å². The molecule has 4 rings (SSSR count). The molecule has 5 nitrogen and oxygen atoms in total. The lowest BCUT2D eigenvalue weighted by atomic mass is 10.1. The molecule has 2 heterocycles. The number of aromatic nitrogens is 2. The topological polar surface area (TPSA) is 41.4 Å². The minimum Gasteiger partial charge on any atom is -0.371 e. The monoisotopic (exact) mass is 470 g/mol. The molecule has 168 valence electrons. The molecule has 1 fully saturated rings. The van der Waals surface area contributed by atoms with Crippen molar-refractivity contribution < 1.29 is 4.79 Å². The van der Waals surface area contributed by atoms with Gasteiger partial charge >= 0.3 is 0 Å². The molecule has 0 aliphatic carbocycles. The van der Waals surface area contributed by atoms with Crippen LogP contribution in [0.1, 0.15) is 35.4 Å². The molecule has 0 bridgehead atoms. The van der Waals surface area contributed by atoms with Crippen molar-refractivity contribution in [1.29, 1.82) is 0 Å². The molecule has 1 aliphatic rings. The Balaban J connectivity index is 1.52.